The third-order valence-corrected chi connectivity index (χ3v) is 1.61. The fourth-order valence-corrected chi connectivity index (χ4v) is 1.07. The number of rotatable bonds is 4. The van der Waals surface area contributed by atoms with E-state index in [1.165, 1.54) is 0 Å². The second kappa shape index (κ2) is 6.34. The Hall–Kier alpha value is -1.17. The molecule has 0 rings (SSSR count). The summed E-state index contributed by atoms with van der Waals surface area (Å²) in [6.07, 6.45) is 6.44. The molecular formula is C12H20O3. The van der Waals surface area contributed by atoms with Crippen LogP contribution in [-0.4, -0.2) is 17.9 Å². The second-order valence-electron chi connectivity index (χ2n) is 4.40. The van der Waals surface area contributed by atoms with Gasteiger partial charge in [-0.1, -0.05) is 13.3 Å². The molecule has 0 N–H and O–H groups in total. The van der Waals surface area contributed by atoms with Crippen LogP contribution in [0.5, 0.6) is 0 Å². The van der Waals surface area contributed by atoms with Crippen LogP contribution < -0.4 is 0 Å². The number of hydrogen-bond donors (Lipinski definition) is 0. The lowest BCUT2D eigenvalue weighted by atomic mass is 10.1. The first-order valence-electron chi connectivity index (χ1n) is 5.22. The molecule has 0 saturated carbocycles. The molecule has 0 radical (unpaired) electrons. The van der Waals surface area contributed by atoms with Gasteiger partial charge in [0.05, 0.1) is 0 Å². The van der Waals surface area contributed by atoms with Crippen molar-refractivity contribution in [2.24, 2.45) is 0 Å². The van der Waals surface area contributed by atoms with Gasteiger partial charge in [-0.2, -0.15) is 0 Å². The molecule has 0 spiro atoms. The van der Waals surface area contributed by atoms with E-state index in [9.17, 15) is 4.79 Å². The minimum Gasteiger partial charge on any atom is -0.430 e. The van der Waals surface area contributed by atoms with Gasteiger partial charge in [-0.25, -0.2) is 4.79 Å². The molecule has 0 bridgehead atoms. The summed E-state index contributed by atoms with van der Waals surface area (Å²) in [5.74, 6) is 2.49. The van der Waals surface area contributed by atoms with Crippen molar-refractivity contribution < 1.29 is 14.3 Å². The van der Waals surface area contributed by atoms with Crippen molar-refractivity contribution in [3.63, 3.8) is 0 Å². The molecule has 0 aromatic rings. The first-order valence-corrected chi connectivity index (χ1v) is 5.22. The zero-order chi connectivity index (χ0) is 11.9. The van der Waals surface area contributed by atoms with Crippen LogP contribution in [0.3, 0.4) is 0 Å². The number of carbonyl (C=O) groups excluding carboxylic acids is 1. The van der Waals surface area contributed by atoms with Gasteiger partial charge in [0.1, 0.15) is 11.7 Å². The van der Waals surface area contributed by atoms with Gasteiger partial charge in [-0.3, -0.25) is 0 Å². The fourth-order valence-electron chi connectivity index (χ4n) is 1.07. The van der Waals surface area contributed by atoms with Crippen LogP contribution in [0, 0.1) is 12.3 Å². The molecule has 0 heterocycles. The van der Waals surface area contributed by atoms with Gasteiger partial charge in [0.2, 0.25) is 0 Å². The molecule has 1 atom stereocenters. The van der Waals surface area contributed by atoms with E-state index >= 15 is 0 Å². The SMILES string of the molecule is C#CCC(CCC)OC(=O)OC(C)(C)C. The highest BCUT2D eigenvalue weighted by atomic mass is 16.7. The third-order valence-electron chi connectivity index (χ3n) is 1.61. The van der Waals surface area contributed by atoms with Crippen molar-refractivity contribution in [3.8, 4) is 12.3 Å². The van der Waals surface area contributed by atoms with Crippen LogP contribution in [-0.2, 0) is 9.47 Å². The van der Waals surface area contributed by atoms with Crippen molar-refractivity contribution >= 4 is 6.16 Å². The summed E-state index contributed by atoms with van der Waals surface area (Å²) in [4.78, 5) is 11.3. The molecule has 0 aromatic carbocycles. The van der Waals surface area contributed by atoms with E-state index in [1.54, 1.807) is 20.8 Å². The number of terminal acetylenes is 1. The average Bonchev–Trinajstić information content (AvgIpc) is 2.00. The summed E-state index contributed by atoms with van der Waals surface area (Å²) in [6, 6.07) is 0. The van der Waals surface area contributed by atoms with Gasteiger partial charge >= 0.3 is 6.16 Å². The van der Waals surface area contributed by atoms with E-state index in [0.29, 0.717) is 6.42 Å². The summed E-state index contributed by atoms with van der Waals surface area (Å²) < 4.78 is 10.1. The predicted octanol–water partition coefficient (Wildman–Crippen LogP) is 3.13. The third kappa shape index (κ3) is 7.87. The lowest BCUT2D eigenvalue weighted by molar-refractivity contribution is -0.0273. The van der Waals surface area contributed by atoms with Crippen LogP contribution in [0.25, 0.3) is 0 Å². The molecule has 15 heavy (non-hydrogen) atoms. The standard InChI is InChI=1S/C12H20O3/c1-6-8-10(9-7-2)14-11(13)15-12(3,4)5/h1,10H,7-9H2,2-5H3. The van der Waals surface area contributed by atoms with Gasteiger partial charge in [0.15, 0.2) is 0 Å². The summed E-state index contributed by atoms with van der Waals surface area (Å²) in [6.45, 7) is 7.40. The van der Waals surface area contributed by atoms with Crippen molar-refractivity contribution in [1.82, 2.24) is 0 Å². The zero-order valence-corrected chi connectivity index (χ0v) is 10.0. The Morgan fingerprint density at radius 3 is 2.47 bits per heavy atom. The Morgan fingerprint density at radius 1 is 1.47 bits per heavy atom. The Kier molecular flexibility index (Phi) is 5.84. The number of carbonyl (C=O) groups is 1. The van der Waals surface area contributed by atoms with Crippen LogP contribution in [0.4, 0.5) is 4.79 Å². The highest BCUT2D eigenvalue weighted by molar-refractivity contribution is 5.60. The maximum Gasteiger partial charge on any atom is 0.509 e. The van der Waals surface area contributed by atoms with Gasteiger partial charge in [-0.15, -0.1) is 12.3 Å². The van der Waals surface area contributed by atoms with Crippen LogP contribution in [0.1, 0.15) is 47.0 Å². The van der Waals surface area contributed by atoms with Gasteiger partial charge in [-0.05, 0) is 27.2 Å². The smallest absolute Gasteiger partial charge is 0.430 e. The first-order chi connectivity index (χ1) is 6.89. The topological polar surface area (TPSA) is 35.5 Å². The molecule has 0 amide bonds. The molecule has 3 heteroatoms. The largest absolute Gasteiger partial charge is 0.509 e. The van der Waals surface area contributed by atoms with E-state index in [-0.39, 0.29) is 6.10 Å². The molecule has 0 aliphatic carbocycles. The van der Waals surface area contributed by atoms with Gasteiger partial charge in [0.25, 0.3) is 0 Å². The molecule has 0 aromatic heterocycles. The Morgan fingerprint density at radius 2 is 2.07 bits per heavy atom. The molecule has 0 aliphatic rings. The Balaban J connectivity index is 4.06. The van der Waals surface area contributed by atoms with Gasteiger partial charge in [0, 0.05) is 6.42 Å². The molecule has 0 saturated heterocycles. The van der Waals surface area contributed by atoms with Crippen molar-refractivity contribution in [2.45, 2.75) is 58.7 Å². The Labute approximate surface area is 92.1 Å². The molecule has 3 nitrogen and oxygen atoms in total. The summed E-state index contributed by atoms with van der Waals surface area (Å²) in [5.41, 5.74) is -0.524. The quantitative estimate of drug-likeness (QED) is 0.530. The minimum absolute atomic E-state index is 0.227. The first kappa shape index (κ1) is 13.8. The molecular weight excluding hydrogens is 192 g/mol. The number of hydrogen-bond acceptors (Lipinski definition) is 3. The highest BCUT2D eigenvalue weighted by Gasteiger charge is 2.20. The average molecular weight is 212 g/mol. The van der Waals surface area contributed by atoms with Crippen molar-refractivity contribution in [2.75, 3.05) is 0 Å². The monoisotopic (exact) mass is 212 g/mol. The predicted molar refractivity (Wildman–Crippen MR) is 59.5 cm³/mol. The number of ether oxygens (including phenoxy) is 2. The summed E-state index contributed by atoms with van der Waals surface area (Å²) in [7, 11) is 0. The zero-order valence-electron chi connectivity index (χ0n) is 10.0. The lowest BCUT2D eigenvalue weighted by Crippen LogP contribution is -2.27. The van der Waals surface area contributed by atoms with Crippen molar-refractivity contribution in [3.05, 3.63) is 0 Å². The fraction of sp³-hybridized carbons (Fsp3) is 0.750. The minimum atomic E-state index is -0.642. The van der Waals surface area contributed by atoms with Crippen LogP contribution >= 0.6 is 0 Å². The summed E-state index contributed by atoms with van der Waals surface area (Å²) in [5, 5.41) is 0. The maximum absolute atomic E-state index is 11.3. The lowest BCUT2D eigenvalue weighted by Gasteiger charge is -2.21. The van der Waals surface area contributed by atoms with E-state index in [2.05, 4.69) is 5.92 Å². The van der Waals surface area contributed by atoms with Crippen molar-refractivity contribution in [1.29, 1.82) is 0 Å². The van der Waals surface area contributed by atoms with Gasteiger partial charge < -0.3 is 9.47 Å². The molecule has 0 fully saturated rings. The second-order valence-corrected chi connectivity index (χ2v) is 4.40. The molecule has 86 valence electrons. The molecule has 1 unspecified atom stereocenters. The maximum atomic E-state index is 11.3. The van der Waals surface area contributed by atoms with Crippen LogP contribution in [0.15, 0.2) is 0 Å². The summed E-state index contributed by atoms with van der Waals surface area (Å²) >= 11 is 0. The van der Waals surface area contributed by atoms with E-state index in [0.717, 1.165) is 12.8 Å². The molecule has 0 aliphatic heterocycles. The van der Waals surface area contributed by atoms with Crippen LogP contribution in [0.2, 0.25) is 0 Å². The highest BCUT2D eigenvalue weighted by Crippen LogP contribution is 2.12. The Bertz CT molecular complexity index is 232. The van der Waals surface area contributed by atoms with E-state index in [1.807, 2.05) is 6.92 Å². The van der Waals surface area contributed by atoms with E-state index < -0.39 is 11.8 Å². The normalized spacial score (nSPS) is 12.7. The van der Waals surface area contributed by atoms with E-state index in [4.69, 9.17) is 15.9 Å².